The first-order valence-electron chi connectivity index (χ1n) is 24.1. The second kappa shape index (κ2) is 27.2. The molecule has 4 aromatic rings. The number of nitriles is 2. The summed E-state index contributed by atoms with van der Waals surface area (Å²) in [6.07, 6.45) is -0.968. The normalized spacial score (nSPS) is 16.4. The maximum atomic E-state index is 13.5. The number of hydrogen-bond acceptors (Lipinski definition) is 16. The van der Waals surface area contributed by atoms with Crippen LogP contribution >= 0.6 is 0 Å². The second-order valence-corrected chi connectivity index (χ2v) is 18.7. The molecular weight excluding hydrogens is 1000 g/mol. The molecule has 0 saturated carbocycles. The van der Waals surface area contributed by atoms with Crippen molar-refractivity contribution in [2.24, 2.45) is 25.9 Å². The molecule has 4 amide bonds. The van der Waals surface area contributed by atoms with Gasteiger partial charge in [-0.1, -0.05) is 22.3 Å². The van der Waals surface area contributed by atoms with E-state index >= 15 is 0 Å². The van der Waals surface area contributed by atoms with Gasteiger partial charge < -0.3 is 49.9 Å². The average Bonchev–Trinajstić information content (AvgIpc) is 4.19. The number of rotatable bonds is 14. The van der Waals surface area contributed by atoms with Crippen LogP contribution in [0.25, 0.3) is 0 Å². The van der Waals surface area contributed by atoms with Gasteiger partial charge in [0.1, 0.15) is 23.8 Å². The number of anilines is 2. The fourth-order valence-electron chi connectivity index (χ4n) is 9.58. The van der Waals surface area contributed by atoms with Gasteiger partial charge in [0.25, 0.3) is 23.6 Å². The third-order valence-corrected chi connectivity index (χ3v) is 13.7. The number of esters is 2. The van der Waals surface area contributed by atoms with Crippen LogP contribution < -0.4 is 20.4 Å². The van der Waals surface area contributed by atoms with E-state index < -0.39 is 71.6 Å². The first-order valence-corrected chi connectivity index (χ1v) is 24.1. The highest BCUT2D eigenvalue weighted by Crippen LogP contribution is 2.30. The van der Waals surface area contributed by atoms with Crippen molar-refractivity contribution in [1.29, 1.82) is 10.5 Å². The highest BCUT2D eigenvalue weighted by Gasteiger charge is 2.44. The summed E-state index contributed by atoms with van der Waals surface area (Å²) in [4.78, 5) is 82.2. The summed E-state index contributed by atoms with van der Waals surface area (Å²) in [5.74, 6) is -5.26. The van der Waals surface area contributed by atoms with Gasteiger partial charge in [-0.15, -0.1) is 0 Å². The zero-order chi connectivity index (χ0) is 53.4. The second-order valence-electron chi connectivity index (χ2n) is 18.7. The minimum Gasteiger partial charge on any atom is -0.448 e. The number of fused-ring (bicyclic) bond motifs is 2. The van der Waals surface area contributed by atoms with Crippen LogP contribution in [0.5, 0.6) is 0 Å². The monoisotopic (exact) mass is 1070 g/mol. The summed E-state index contributed by atoms with van der Waals surface area (Å²) < 4.78 is 40.7. The summed E-state index contributed by atoms with van der Waals surface area (Å²) in [7, 11) is 3.51. The molecule has 0 aliphatic carbocycles. The molecular formula is C53H70F2N12O10. The molecule has 6 heterocycles. The number of ether oxygens (including phenoxy) is 2. The quantitative estimate of drug-likeness (QED) is 0.132. The maximum absolute atomic E-state index is 13.5. The fourth-order valence-corrected chi connectivity index (χ4v) is 9.58. The van der Waals surface area contributed by atoms with E-state index in [1.165, 1.54) is 34.1 Å². The van der Waals surface area contributed by atoms with Crippen LogP contribution in [-0.4, -0.2) is 139 Å². The number of aryl methyl sites for hydroxylation is 2. The molecule has 24 heteroatoms. The van der Waals surface area contributed by atoms with Gasteiger partial charge >= 0.3 is 11.9 Å². The Labute approximate surface area is 447 Å². The lowest BCUT2D eigenvalue weighted by atomic mass is 9.95. The summed E-state index contributed by atoms with van der Waals surface area (Å²) in [5.41, 5.74) is 5.26. The third kappa shape index (κ3) is 14.7. The Morgan fingerprint density at radius 2 is 1.04 bits per heavy atom. The zero-order valence-corrected chi connectivity index (χ0v) is 41.4. The Kier molecular flexibility index (Phi) is 21.8. The first-order chi connectivity index (χ1) is 35.3. The first kappa shape index (κ1) is 61.6. The van der Waals surface area contributed by atoms with Gasteiger partial charge in [0.05, 0.1) is 59.4 Å². The van der Waals surface area contributed by atoms with Crippen molar-refractivity contribution < 1.29 is 57.2 Å². The molecule has 416 valence electrons. The van der Waals surface area contributed by atoms with Crippen LogP contribution in [0, 0.1) is 46.1 Å². The van der Waals surface area contributed by atoms with Crippen LogP contribution in [0.4, 0.5) is 20.2 Å². The number of aliphatic hydroxyl groups is 2. The highest BCUT2D eigenvalue weighted by atomic mass is 19.1. The van der Waals surface area contributed by atoms with Crippen molar-refractivity contribution >= 4 is 46.9 Å². The molecule has 0 radical (unpaired) electrons. The third-order valence-electron chi connectivity index (χ3n) is 13.7. The minimum absolute atomic E-state index is 0. The number of aromatic nitrogens is 4. The van der Waals surface area contributed by atoms with Gasteiger partial charge in [0, 0.05) is 91.4 Å². The summed E-state index contributed by atoms with van der Waals surface area (Å²) >= 11 is 0. The number of nitrogens with one attached hydrogen (secondary N) is 2. The molecule has 8 rings (SSSR count). The molecule has 4 aliphatic rings. The van der Waals surface area contributed by atoms with E-state index in [-0.39, 0.29) is 78.0 Å². The van der Waals surface area contributed by atoms with E-state index in [0.717, 1.165) is 49.2 Å². The largest absolute Gasteiger partial charge is 0.448 e. The lowest BCUT2D eigenvalue weighted by Crippen LogP contribution is -2.54. The number of benzene rings is 2. The number of piperidine rings is 2. The molecule has 2 aromatic carbocycles. The number of hydrogen-bond donors (Lipinski definition) is 4. The standard InChI is InChI=1S/C27H31FN6O6.C23H27FN6O4.3CH4/c1-16(35)39-24(25(40-17(2)36)27(38)34-14-20-13-31-32(3)23(20)15-34)26(37)30-12-18-6-8-33(9-7-18)22-5-4-21(28)10-19(22)11-29;1-28-19-13-30(12-16(19)11-27-28)23(34)21(32)20(31)22(33)26-10-14-4-6-29(7-5-14)18-3-2-17(24)8-15(18)9-25;;;/h4-5,10,13,18,24-25H,6-9,12,14-15H2,1-3H3,(H,30,37);2-3,8,11,14,20-21,31-32H,4-7,10,12-13H2,1H3,(H,26,33);3*1H4/t24-,25-;20-,21-;;;/m11.../s1. The van der Waals surface area contributed by atoms with Crippen molar-refractivity contribution in [3.63, 3.8) is 0 Å². The molecule has 2 saturated heterocycles. The van der Waals surface area contributed by atoms with Crippen molar-refractivity contribution in [3.8, 4) is 12.1 Å². The lowest BCUT2D eigenvalue weighted by molar-refractivity contribution is -0.178. The molecule has 0 bridgehead atoms. The summed E-state index contributed by atoms with van der Waals surface area (Å²) in [6, 6.07) is 12.3. The van der Waals surface area contributed by atoms with Crippen molar-refractivity contribution in [2.75, 3.05) is 49.1 Å². The van der Waals surface area contributed by atoms with Gasteiger partial charge in [0.15, 0.2) is 12.2 Å². The molecule has 2 fully saturated rings. The van der Waals surface area contributed by atoms with Crippen molar-refractivity contribution in [3.05, 3.63) is 94.1 Å². The Morgan fingerprint density at radius 3 is 1.44 bits per heavy atom. The molecule has 4 N–H and O–H groups in total. The van der Waals surface area contributed by atoms with Crippen LogP contribution in [-0.2, 0) is 78.5 Å². The van der Waals surface area contributed by atoms with Gasteiger partial charge in [-0.2, -0.15) is 20.7 Å². The summed E-state index contributed by atoms with van der Waals surface area (Å²) in [5, 5.41) is 52.8. The molecule has 4 aliphatic heterocycles. The maximum Gasteiger partial charge on any atom is 0.303 e. The average molecular weight is 1070 g/mol. The number of nitrogens with zero attached hydrogens (tertiary/aromatic N) is 10. The fraction of sp³-hybridized carbons (Fsp3) is 0.509. The molecule has 22 nitrogen and oxygen atoms in total. The van der Waals surface area contributed by atoms with E-state index in [9.17, 15) is 58.3 Å². The molecule has 2 aromatic heterocycles. The predicted molar refractivity (Wildman–Crippen MR) is 276 cm³/mol. The Hall–Kier alpha value is -7.96. The van der Waals surface area contributed by atoms with E-state index in [0.29, 0.717) is 56.9 Å². The van der Waals surface area contributed by atoms with E-state index in [2.05, 4.69) is 20.8 Å². The van der Waals surface area contributed by atoms with Crippen LogP contribution in [0.2, 0.25) is 0 Å². The summed E-state index contributed by atoms with van der Waals surface area (Å²) in [6.45, 7) is 6.14. The molecule has 77 heavy (non-hydrogen) atoms. The number of carbonyl (C=O) groups is 6. The van der Waals surface area contributed by atoms with Gasteiger partial charge in [-0.25, -0.2) is 8.78 Å². The van der Waals surface area contributed by atoms with Gasteiger partial charge in [0.2, 0.25) is 12.2 Å². The molecule has 0 spiro atoms. The topological polar surface area (TPSA) is 282 Å². The Morgan fingerprint density at radius 1 is 0.636 bits per heavy atom. The zero-order valence-electron chi connectivity index (χ0n) is 41.4. The van der Waals surface area contributed by atoms with Crippen LogP contribution in [0.1, 0.15) is 95.5 Å². The van der Waals surface area contributed by atoms with E-state index in [4.69, 9.17) is 9.47 Å². The van der Waals surface area contributed by atoms with E-state index in [1.807, 2.05) is 21.9 Å². The van der Waals surface area contributed by atoms with Crippen LogP contribution in [0.15, 0.2) is 48.8 Å². The Balaban J connectivity index is 0.000000324. The van der Waals surface area contributed by atoms with Crippen LogP contribution in [0.3, 0.4) is 0 Å². The lowest BCUT2D eigenvalue weighted by Gasteiger charge is -2.34. The number of aliphatic hydroxyl groups excluding tert-OH is 2. The number of carbonyl (C=O) groups excluding carboxylic acids is 6. The number of halogens is 2. The smallest absolute Gasteiger partial charge is 0.303 e. The molecule has 4 atom stereocenters. The SMILES string of the molecule is C.C.C.CC(=O)O[C@@H](C(=O)NCC1CCN(c2ccc(F)cc2C#N)CC1)[C@@H](OC(C)=O)C(=O)N1Cc2cnn(C)c2C1.Cn1ncc2c1CN(C(=O)[C@H](O)[C@@H](O)C(=O)NCC1CCN(c3ccc(F)cc3C#N)CC1)C2. The predicted octanol–water partition coefficient (Wildman–Crippen LogP) is 3.11. The van der Waals surface area contributed by atoms with Gasteiger partial charge in [-0.3, -0.25) is 38.1 Å². The van der Waals surface area contributed by atoms with Crippen molar-refractivity contribution in [2.45, 2.75) is 112 Å². The number of amides is 4. The van der Waals surface area contributed by atoms with Crippen molar-refractivity contribution in [1.82, 2.24) is 40.0 Å². The minimum atomic E-state index is -1.87. The highest BCUT2D eigenvalue weighted by molar-refractivity contribution is 5.94. The van der Waals surface area contributed by atoms with E-state index in [1.54, 1.807) is 48.0 Å². The van der Waals surface area contributed by atoms with Gasteiger partial charge in [-0.05, 0) is 73.9 Å². The molecule has 0 unspecified atom stereocenters. The Bertz CT molecular complexity index is 2850.